The second-order valence-electron chi connectivity index (χ2n) is 5.91. The topological polar surface area (TPSA) is 40.7 Å². The smallest absolute Gasteiger partial charge is 0.0555 e. The monoisotopic (exact) mass is 313 g/mol. The van der Waals surface area contributed by atoms with Gasteiger partial charge in [-0.15, -0.1) is 0 Å². The quantitative estimate of drug-likeness (QED) is 0.547. The van der Waals surface area contributed by atoms with Gasteiger partial charge in [0.15, 0.2) is 0 Å². The Morgan fingerprint density at radius 1 is 0.917 bits per heavy atom. The number of benzene rings is 2. The number of anilines is 1. The Bertz CT molecular complexity index is 913. The molecule has 2 aromatic heterocycles. The lowest BCUT2D eigenvalue weighted by Crippen LogP contribution is -2.13. The van der Waals surface area contributed by atoms with Crippen LogP contribution in [0.2, 0.25) is 0 Å². The molecule has 4 rings (SSSR count). The van der Waals surface area contributed by atoms with E-state index in [0.29, 0.717) is 0 Å². The summed E-state index contributed by atoms with van der Waals surface area (Å²) < 4.78 is 0. The van der Waals surface area contributed by atoms with E-state index in [4.69, 9.17) is 0 Å². The van der Waals surface area contributed by atoms with Gasteiger partial charge < -0.3 is 10.3 Å². The molecule has 0 amide bonds. The number of nitrogens with one attached hydrogen (secondary N) is 2. The number of hydrogen-bond donors (Lipinski definition) is 2. The van der Waals surface area contributed by atoms with Crippen molar-refractivity contribution >= 4 is 16.6 Å². The summed E-state index contributed by atoms with van der Waals surface area (Å²) in [6.45, 7) is 0. The number of pyridine rings is 1. The number of aromatic amines is 1. The molecule has 0 saturated carbocycles. The first kappa shape index (κ1) is 14.5. The highest BCUT2D eigenvalue weighted by Gasteiger charge is 2.14. The number of nitrogens with zero attached hydrogens (tertiary/aromatic N) is 1. The van der Waals surface area contributed by atoms with Crippen molar-refractivity contribution in [3.63, 3.8) is 0 Å². The van der Waals surface area contributed by atoms with Crippen LogP contribution < -0.4 is 5.32 Å². The normalized spacial score (nSPS) is 12.2. The first-order chi connectivity index (χ1) is 11.9. The fourth-order valence-corrected chi connectivity index (χ4v) is 3.11. The Morgan fingerprint density at radius 2 is 1.75 bits per heavy atom. The van der Waals surface area contributed by atoms with E-state index in [2.05, 4.69) is 82.1 Å². The van der Waals surface area contributed by atoms with Crippen LogP contribution in [0.3, 0.4) is 0 Å². The summed E-state index contributed by atoms with van der Waals surface area (Å²) in [5.41, 5.74) is 4.80. The first-order valence-corrected chi connectivity index (χ1v) is 8.16. The average molecular weight is 313 g/mol. The Hall–Kier alpha value is -3.07. The molecular formula is C21H19N3. The minimum Gasteiger partial charge on any atom is -0.377 e. The predicted molar refractivity (Wildman–Crippen MR) is 99.0 cm³/mol. The summed E-state index contributed by atoms with van der Waals surface area (Å²) >= 11 is 0. The third-order valence-electron chi connectivity index (χ3n) is 4.30. The third kappa shape index (κ3) is 3.01. The van der Waals surface area contributed by atoms with Crippen LogP contribution in [0, 0.1) is 0 Å². The average Bonchev–Trinajstić information content (AvgIpc) is 3.06. The van der Waals surface area contributed by atoms with Gasteiger partial charge in [0.1, 0.15) is 0 Å². The van der Waals surface area contributed by atoms with Crippen molar-refractivity contribution in [2.24, 2.45) is 0 Å². The van der Waals surface area contributed by atoms with Crippen LogP contribution in [-0.2, 0) is 6.42 Å². The lowest BCUT2D eigenvalue weighted by Gasteiger charge is -2.20. The van der Waals surface area contributed by atoms with Gasteiger partial charge in [0.05, 0.1) is 11.7 Å². The van der Waals surface area contributed by atoms with Gasteiger partial charge in [-0.3, -0.25) is 4.98 Å². The van der Waals surface area contributed by atoms with Gasteiger partial charge in [-0.25, -0.2) is 0 Å². The Labute approximate surface area is 141 Å². The van der Waals surface area contributed by atoms with Gasteiger partial charge >= 0.3 is 0 Å². The molecule has 1 unspecified atom stereocenters. The zero-order valence-corrected chi connectivity index (χ0v) is 13.3. The van der Waals surface area contributed by atoms with Crippen molar-refractivity contribution < 1.29 is 0 Å². The molecule has 0 saturated heterocycles. The SMILES string of the molecule is c1ccc(C(Cc2c[nH]c3ccccc23)Nc2cccnc2)cc1. The van der Waals surface area contributed by atoms with Gasteiger partial charge in [-0.05, 0) is 35.7 Å². The van der Waals surface area contributed by atoms with Gasteiger partial charge in [-0.1, -0.05) is 48.5 Å². The maximum atomic E-state index is 4.21. The van der Waals surface area contributed by atoms with E-state index in [9.17, 15) is 0 Å². The minimum absolute atomic E-state index is 0.189. The fourth-order valence-electron chi connectivity index (χ4n) is 3.11. The van der Waals surface area contributed by atoms with E-state index in [1.165, 1.54) is 22.0 Å². The van der Waals surface area contributed by atoms with Crippen molar-refractivity contribution in [3.05, 3.63) is 96.4 Å². The molecule has 0 aliphatic rings. The van der Waals surface area contributed by atoms with E-state index in [0.717, 1.165) is 12.1 Å². The molecule has 24 heavy (non-hydrogen) atoms. The Balaban J connectivity index is 1.67. The van der Waals surface area contributed by atoms with Crippen LogP contribution in [0.4, 0.5) is 5.69 Å². The second-order valence-corrected chi connectivity index (χ2v) is 5.91. The molecule has 3 nitrogen and oxygen atoms in total. The molecular weight excluding hydrogens is 294 g/mol. The van der Waals surface area contributed by atoms with Crippen LogP contribution in [0.15, 0.2) is 85.3 Å². The standard InChI is InChI=1S/C21H19N3/c1-2-7-16(8-3-1)21(24-18-9-6-12-22-15-18)13-17-14-23-20-11-5-4-10-19(17)20/h1-12,14-15,21,23-24H,13H2. The van der Waals surface area contributed by atoms with E-state index in [-0.39, 0.29) is 6.04 Å². The molecule has 0 fully saturated rings. The number of rotatable bonds is 5. The van der Waals surface area contributed by atoms with E-state index < -0.39 is 0 Å². The molecule has 0 aliphatic heterocycles. The largest absolute Gasteiger partial charge is 0.377 e. The number of aromatic nitrogens is 2. The van der Waals surface area contributed by atoms with Crippen molar-refractivity contribution in [1.29, 1.82) is 0 Å². The summed E-state index contributed by atoms with van der Waals surface area (Å²) in [7, 11) is 0. The molecule has 4 aromatic rings. The van der Waals surface area contributed by atoms with Crippen LogP contribution in [0.1, 0.15) is 17.2 Å². The zero-order valence-electron chi connectivity index (χ0n) is 13.3. The molecule has 2 aromatic carbocycles. The summed E-state index contributed by atoms with van der Waals surface area (Å²) in [5, 5.41) is 4.91. The van der Waals surface area contributed by atoms with E-state index in [1.54, 1.807) is 6.20 Å². The zero-order chi connectivity index (χ0) is 16.2. The van der Waals surface area contributed by atoms with E-state index in [1.807, 2.05) is 12.3 Å². The third-order valence-corrected chi connectivity index (χ3v) is 4.30. The van der Waals surface area contributed by atoms with Crippen LogP contribution in [-0.4, -0.2) is 9.97 Å². The summed E-state index contributed by atoms with van der Waals surface area (Å²) in [6.07, 6.45) is 6.68. The van der Waals surface area contributed by atoms with Gasteiger partial charge in [0, 0.05) is 29.5 Å². The fraction of sp³-hybridized carbons (Fsp3) is 0.0952. The van der Waals surface area contributed by atoms with E-state index >= 15 is 0 Å². The molecule has 0 radical (unpaired) electrons. The molecule has 0 spiro atoms. The minimum atomic E-state index is 0.189. The maximum absolute atomic E-state index is 4.21. The maximum Gasteiger partial charge on any atom is 0.0555 e. The Kier molecular flexibility index (Phi) is 3.98. The van der Waals surface area contributed by atoms with Crippen molar-refractivity contribution in [2.75, 3.05) is 5.32 Å². The Morgan fingerprint density at radius 3 is 2.58 bits per heavy atom. The van der Waals surface area contributed by atoms with Gasteiger partial charge in [0.2, 0.25) is 0 Å². The second kappa shape index (κ2) is 6.59. The van der Waals surface area contributed by atoms with Crippen molar-refractivity contribution in [1.82, 2.24) is 9.97 Å². The van der Waals surface area contributed by atoms with Crippen LogP contribution >= 0.6 is 0 Å². The van der Waals surface area contributed by atoms with Crippen LogP contribution in [0.25, 0.3) is 10.9 Å². The molecule has 0 aliphatic carbocycles. The highest BCUT2D eigenvalue weighted by atomic mass is 14.9. The molecule has 118 valence electrons. The van der Waals surface area contributed by atoms with Crippen LogP contribution in [0.5, 0.6) is 0 Å². The van der Waals surface area contributed by atoms with Crippen molar-refractivity contribution in [2.45, 2.75) is 12.5 Å². The highest BCUT2D eigenvalue weighted by Crippen LogP contribution is 2.27. The number of fused-ring (bicyclic) bond motifs is 1. The molecule has 0 bridgehead atoms. The number of hydrogen-bond acceptors (Lipinski definition) is 2. The molecule has 2 heterocycles. The summed E-state index contributed by atoms with van der Waals surface area (Å²) in [4.78, 5) is 7.58. The predicted octanol–water partition coefficient (Wildman–Crippen LogP) is 4.96. The molecule has 1 atom stereocenters. The lowest BCUT2D eigenvalue weighted by molar-refractivity contribution is 0.778. The van der Waals surface area contributed by atoms with Gasteiger partial charge in [0.25, 0.3) is 0 Å². The molecule has 3 heteroatoms. The summed E-state index contributed by atoms with van der Waals surface area (Å²) in [6, 6.07) is 23.2. The van der Waals surface area contributed by atoms with Gasteiger partial charge in [-0.2, -0.15) is 0 Å². The molecule has 2 N–H and O–H groups in total. The number of H-pyrrole nitrogens is 1. The van der Waals surface area contributed by atoms with Crippen molar-refractivity contribution in [3.8, 4) is 0 Å². The first-order valence-electron chi connectivity index (χ1n) is 8.16. The highest BCUT2D eigenvalue weighted by molar-refractivity contribution is 5.83. The lowest BCUT2D eigenvalue weighted by atomic mass is 9.98. The summed E-state index contributed by atoms with van der Waals surface area (Å²) in [5.74, 6) is 0. The number of para-hydroxylation sites is 1.